The van der Waals surface area contributed by atoms with Crippen molar-refractivity contribution in [1.82, 2.24) is 15.3 Å². The molecule has 2 amide bonds. The monoisotopic (exact) mass is 412 g/mol. The van der Waals surface area contributed by atoms with Crippen molar-refractivity contribution in [2.24, 2.45) is 0 Å². The summed E-state index contributed by atoms with van der Waals surface area (Å²) in [7, 11) is 0. The molecule has 4 rings (SSSR count). The Labute approximate surface area is 180 Å². The third-order valence-corrected chi connectivity index (χ3v) is 5.17. The van der Waals surface area contributed by atoms with Crippen molar-refractivity contribution in [3.05, 3.63) is 95.9 Å². The maximum Gasteiger partial charge on any atom is 0.247 e. The molecule has 0 saturated heterocycles. The van der Waals surface area contributed by atoms with Gasteiger partial charge in [0.25, 0.3) is 0 Å². The standard InChI is InChI=1S/C25H24N4O2/c1-17(30)28-24(15-20-16-27-23-5-3-2-4-22(20)23)25(31)29-21-8-6-18(7-9-21)14-19-10-12-26-13-11-19/h2-13,16,24,27H,14-15H2,1H3,(H,28,30)(H,29,31)/t24-/m0/s1. The maximum absolute atomic E-state index is 12.9. The quantitative estimate of drug-likeness (QED) is 0.431. The van der Waals surface area contributed by atoms with Gasteiger partial charge >= 0.3 is 0 Å². The number of hydrogen-bond acceptors (Lipinski definition) is 3. The van der Waals surface area contributed by atoms with Gasteiger partial charge in [-0.25, -0.2) is 0 Å². The van der Waals surface area contributed by atoms with Crippen LogP contribution in [0.15, 0.2) is 79.3 Å². The van der Waals surface area contributed by atoms with Crippen LogP contribution < -0.4 is 10.6 Å². The summed E-state index contributed by atoms with van der Waals surface area (Å²) < 4.78 is 0. The molecule has 0 fully saturated rings. The van der Waals surface area contributed by atoms with Crippen molar-refractivity contribution < 1.29 is 9.59 Å². The number of nitrogens with zero attached hydrogens (tertiary/aromatic N) is 1. The Bertz CT molecular complexity index is 1180. The van der Waals surface area contributed by atoms with E-state index in [-0.39, 0.29) is 11.8 Å². The van der Waals surface area contributed by atoms with Gasteiger partial charge in [0.15, 0.2) is 0 Å². The highest BCUT2D eigenvalue weighted by Crippen LogP contribution is 2.20. The van der Waals surface area contributed by atoms with Crippen LogP contribution in [0.1, 0.15) is 23.6 Å². The molecule has 0 aliphatic heterocycles. The molecule has 6 heteroatoms. The number of pyridine rings is 1. The van der Waals surface area contributed by atoms with E-state index < -0.39 is 6.04 Å². The molecule has 0 spiro atoms. The van der Waals surface area contributed by atoms with Crippen molar-refractivity contribution in [3.63, 3.8) is 0 Å². The molecule has 0 bridgehead atoms. The highest BCUT2D eigenvalue weighted by molar-refractivity contribution is 5.97. The molecule has 0 saturated carbocycles. The number of fused-ring (bicyclic) bond motifs is 1. The van der Waals surface area contributed by atoms with Crippen molar-refractivity contribution in [1.29, 1.82) is 0 Å². The highest BCUT2D eigenvalue weighted by atomic mass is 16.2. The van der Waals surface area contributed by atoms with Crippen LogP contribution in [0.4, 0.5) is 5.69 Å². The molecule has 1 atom stereocenters. The van der Waals surface area contributed by atoms with Crippen LogP contribution in [0, 0.1) is 0 Å². The summed E-state index contributed by atoms with van der Waals surface area (Å²) in [6.45, 7) is 1.42. The fourth-order valence-electron chi connectivity index (χ4n) is 3.65. The van der Waals surface area contributed by atoms with E-state index in [0.29, 0.717) is 12.1 Å². The molecule has 156 valence electrons. The second kappa shape index (κ2) is 9.26. The largest absolute Gasteiger partial charge is 0.361 e. The van der Waals surface area contributed by atoms with Gasteiger partial charge in [0, 0.05) is 48.5 Å². The second-order valence-corrected chi connectivity index (χ2v) is 7.54. The lowest BCUT2D eigenvalue weighted by Crippen LogP contribution is -2.44. The zero-order valence-electron chi connectivity index (χ0n) is 17.3. The molecule has 4 aromatic rings. The van der Waals surface area contributed by atoms with E-state index in [1.165, 1.54) is 12.5 Å². The van der Waals surface area contributed by atoms with Gasteiger partial charge < -0.3 is 15.6 Å². The number of anilines is 1. The number of nitrogens with one attached hydrogen (secondary N) is 3. The molecule has 2 aromatic heterocycles. The highest BCUT2D eigenvalue weighted by Gasteiger charge is 2.21. The maximum atomic E-state index is 12.9. The lowest BCUT2D eigenvalue weighted by molar-refractivity contribution is -0.125. The minimum atomic E-state index is -0.673. The summed E-state index contributed by atoms with van der Waals surface area (Å²) in [4.78, 5) is 31.9. The van der Waals surface area contributed by atoms with E-state index in [2.05, 4.69) is 20.6 Å². The first-order valence-electron chi connectivity index (χ1n) is 10.2. The lowest BCUT2D eigenvalue weighted by atomic mass is 10.0. The molecule has 3 N–H and O–H groups in total. The number of H-pyrrole nitrogens is 1. The first-order valence-corrected chi connectivity index (χ1v) is 10.2. The Morgan fingerprint density at radius 3 is 2.42 bits per heavy atom. The summed E-state index contributed by atoms with van der Waals surface area (Å²) in [6.07, 6.45) is 6.64. The van der Waals surface area contributed by atoms with Gasteiger partial charge in [-0.15, -0.1) is 0 Å². The first kappa shape index (κ1) is 20.3. The van der Waals surface area contributed by atoms with Gasteiger partial charge in [-0.2, -0.15) is 0 Å². The number of para-hydroxylation sites is 1. The van der Waals surface area contributed by atoms with Crippen molar-refractivity contribution in [2.45, 2.75) is 25.8 Å². The van der Waals surface area contributed by atoms with Gasteiger partial charge in [-0.1, -0.05) is 30.3 Å². The van der Waals surface area contributed by atoms with Gasteiger partial charge in [0.2, 0.25) is 11.8 Å². The van der Waals surface area contributed by atoms with Crippen LogP contribution in [-0.2, 0) is 22.4 Å². The summed E-state index contributed by atoms with van der Waals surface area (Å²) >= 11 is 0. The zero-order chi connectivity index (χ0) is 21.6. The third kappa shape index (κ3) is 5.17. The molecule has 0 aliphatic carbocycles. The van der Waals surface area contributed by atoms with E-state index in [1.807, 2.05) is 66.9 Å². The minimum Gasteiger partial charge on any atom is -0.361 e. The Balaban J connectivity index is 1.45. The number of hydrogen-bond donors (Lipinski definition) is 3. The molecule has 31 heavy (non-hydrogen) atoms. The smallest absolute Gasteiger partial charge is 0.247 e. The van der Waals surface area contributed by atoms with Crippen LogP contribution in [-0.4, -0.2) is 27.8 Å². The van der Waals surface area contributed by atoms with Gasteiger partial charge in [-0.3, -0.25) is 14.6 Å². The average Bonchev–Trinajstić information content (AvgIpc) is 3.18. The molecular formula is C25H24N4O2. The fourth-order valence-corrected chi connectivity index (χ4v) is 3.65. The Hall–Kier alpha value is -3.93. The average molecular weight is 412 g/mol. The Kier molecular flexibility index (Phi) is 6.08. The number of carbonyl (C=O) groups excluding carboxylic acids is 2. The Morgan fingerprint density at radius 2 is 1.68 bits per heavy atom. The van der Waals surface area contributed by atoms with Crippen LogP contribution in [0.5, 0.6) is 0 Å². The summed E-state index contributed by atoms with van der Waals surface area (Å²) in [5, 5.41) is 6.75. The second-order valence-electron chi connectivity index (χ2n) is 7.54. The number of rotatable bonds is 7. The number of aromatic nitrogens is 2. The molecular weight excluding hydrogens is 388 g/mol. The zero-order valence-corrected chi connectivity index (χ0v) is 17.3. The van der Waals surface area contributed by atoms with Gasteiger partial charge in [0.05, 0.1) is 0 Å². The normalized spacial score (nSPS) is 11.8. The van der Waals surface area contributed by atoms with Gasteiger partial charge in [-0.05, 0) is 53.4 Å². The first-order chi connectivity index (χ1) is 15.1. The van der Waals surface area contributed by atoms with E-state index in [9.17, 15) is 9.59 Å². The minimum absolute atomic E-state index is 0.243. The molecule has 0 unspecified atom stereocenters. The fraction of sp³-hybridized carbons (Fsp3) is 0.160. The van der Waals surface area contributed by atoms with Crippen molar-refractivity contribution >= 4 is 28.4 Å². The van der Waals surface area contributed by atoms with E-state index in [0.717, 1.165) is 28.5 Å². The van der Waals surface area contributed by atoms with Crippen LogP contribution in [0.3, 0.4) is 0 Å². The molecule has 0 aliphatic rings. The van der Waals surface area contributed by atoms with Crippen LogP contribution >= 0.6 is 0 Å². The predicted molar refractivity (Wildman–Crippen MR) is 122 cm³/mol. The van der Waals surface area contributed by atoms with Crippen LogP contribution in [0.25, 0.3) is 10.9 Å². The summed E-state index contributed by atoms with van der Waals surface area (Å²) in [5.41, 5.74) is 5.00. The van der Waals surface area contributed by atoms with E-state index in [1.54, 1.807) is 12.4 Å². The molecule has 6 nitrogen and oxygen atoms in total. The third-order valence-electron chi connectivity index (χ3n) is 5.17. The molecule has 0 radical (unpaired) electrons. The lowest BCUT2D eigenvalue weighted by Gasteiger charge is -2.17. The number of aromatic amines is 1. The van der Waals surface area contributed by atoms with Crippen LogP contribution in [0.2, 0.25) is 0 Å². The van der Waals surface area contributed by atoms with E-state index >= 15 is 0 Å². The topological polar surface area (TPSA) is 86.9 Å². The summed E-state index contributed by atoms with van der Waals surface area (Å²) in [5.74, 6) is -0.491. The number of benzene rings is 2. The molecule has 2 heterocycles. The summed E-state index contributed by atoms with van der Waals surface area (Å²) in [6, 6.07) is 18.9. The van der Waals surface area contributed by atoms with E-state index in [4.69, 9.17) is 0 Å². The van der Waals surface area contributed by atoms with Gasteiger partial charge in [0.1, 0.15) is 6.04 Å². The number of carbonyl (C=O) groups is 2. The SMILES string of the molecule is CC(=O)N[C@@H](Cc1c[nH]c2ccccc12)C(=O)Nc1ccc(Cc2ccncc2)cc1. The molecule has 2 aromatic carbocycles. The Morgan fingerprint density at radius 1 is 0.968 bits per heavy atom. The van der Waals surface area contributed by atoms with Crippen molar-refractivity contribution in [2.75, 3.05) is 5.32 Å². The predicted octanol–water partition coefficient (Wildman–Crippen LogP) is 3.84. The van der Waals surface area contributed by atoms with Crippen molar-refractivity contribution in [3.8, 4) is 0 Å². The number of amides is 2.